The van der Waals surface area contributed by atoms with Gasteiger partial charge in [-0.2, -0.15) is 0 Å². The number of nitrogens with two attached hydrogens (primary N) is 1. The minimum Gasteiger partial charge on any atom is -0.481 e. The van der Waals surface area contributed by atoms with Crippen LogP contribution in [0.25, 0.3) is 0 Å². The van der Waals surface area contributed by atoms with E-state index in [2.05, 4.69) is 28.2 Å². The smallest absolute Gasteiger partial charge is 0.303 e. The average molecular weight is 516 g/mol. The average Bonchev–Trinajstić information content (AvgIpc) is 2.84. The Labute approximate surface area is 215 Å². The van der Waals surface area contributed by atoms with Gasteiger partial charge in [0.1, 0.15) is 0 Å². The molecule has 0 aliphatic carbocycles. The summed E-state index contributed by atoms with van der Waals surface area (Å²) in [7, 11) is 0. The highest BCUT2D eigenvalue weighted by Gasteiger charge is 2.15. The first-order chi connectivity index (χ1) is 17.3. The lowest BCUT2D eigenvalue weighted by Gasteiger charge is -2.17. The summed E-state index contributed by atoms with van der Waals surface area (Å²) in [4.78, 5) is 46.3. The van der Waals surface area contributed by atoms with Gasteiger partial charge in [-0.05, 0) is 38.8 Å². The molecule has 0 spiro atoms. The normalized spacial score (nSPS) is 12.5. The van der Waals surface area contributed by atoms with E-state index in [1.807, 2.05) is 0 Å². The van der Waals surface area contributed by atoms with E-state index < -0.39 is 24.0 Å². The van der Waals surface area contributed by atoms with Crippen molar-refractivity contribution >= 4 is 23.7 Å². The second-order valence-corrected chi connectivity index (χ2v) is 9.17. The Balaban J connectivity index is 3.79. The van der Waals surface area contributed by atoms with Crippen molar-refractivity contribution in [3.63, 3.8) is 0 Å². The second-order valence-electron chi connectivity index (χ2n) is 9.17. The molecule has 210 valence electrons. The molecule has 8 N–H and O–H groups in total. The van der Waals surface area contributed by atoms with E-state index in [0.717, 1.165) is 13.0 Å². The zero-order valence-corrected chi connectivity index (χ0v) is 22.0. The second kappa shape index (κ2) is 23.2. The third kappa shape index (κ3) is 21.1. The Morgan fingerprint density at radius 3 is 2.08 bits per heavy atom. The first-order valence-electron chi connectivity index (χ1n) is 13.4. The quantitative estimate of drug-likeness (QED) is 0.0920. The topological polar surface area (TPSA) is 183 Å². The summed E-state index contributed by atoms with van der Waals surface area (Å²) in [6, 6.07) is -1.25. The maximum Gasteiger partial charge on any atom is 0.303 e. The number of aliphatic hydroxyl groups is 1. The largest absolute Gasteiger partial charge is 0.481 e. The van der Waals surface area contributed by atoms with Crippen molar-refractivity contribution in [3.8, 4) is 0 Å². The molecule has 3 amide bonds. The SMILES string of the molecule is CCCCCCCCCCNCCC(N)C(=O)NCC(=O)NCCC(CO)NC(=O)CCCC(=O)O. The van der Waals surface area contributed by atoms with E-state index in [1.165, 1.54) is 44.9 Å². The predicted octanol–water partition coefficient (Wildman–Crippen LogP) is 0.789. The highest BCUT2D eigenvalue weighted by Crippen LogP contribution is 2.07. The van der Waals surface area contributed by atoms with Gasteiger partial charge in [0.15, 0.2) is 0 Å². The van der Waals surface area contributed by atoms with Crippen molar-refractivity contribution in [2.24, 2.45) is 5.73 Å². The minimum atomic E-state index is -0.969. The van der Waals surface area contributed by atoms with E-state index >= 15 is 0 Å². The van der Waals surface area contributed by atoms with Crippen molar-refractivity contribution in [1.82, 2.24) is 21.3 Å². The van der Waals surface area contributed by atoms with Crippen LogP contribution in [0.15, 0.2) is 0 Å². The lowest BCUT2D eigenvalue weighted by Crippen LogP contribution is -2.46. The minimum absolute atomic E-state index is 0.0517. The number of amides is 3. The molecule has 0 fully saturated rings. The Hall–Kier alpha value is -2.24. The summed E-state index contributed by atoms with van der Waals surface area (Å²) in [5.41, 5.74) is 5.89. The third-order valence-corrected chi connectivity index (χ3v) is 5.79. The Kier molecular flexibility index (Phi) is 21.7. The van der Waals surface area contributed by atoms with Crippen LogP contribution in [-0.4, -0.2) is 78.8 Å². The molecular weight excluding hydrogens is 466 g/mol. The summed E-state index contributed by atoms with van der Waals surface area (Å²) in [6.45, 7) is 3.45. The van der Waals surface area contributed by atoms with Gasteiger partial charge in [0.2, 0.25) is 17.7 Å². The number of carbonyl (C=O) groups is 4. The summed E-state index contributed by atoms with van der Waals surface area (Å²) in [5.74, 6) is -2.10. The molecule has 0 heterocycles. The highest BCUT2D eigenvalue weighted by atomic mass is 16.4. The molecule has 0 radical (unpaired) electrons. The standard InChI is InChI=1S/C25H49N5O6/c1-2-3-4-5-6-7-8-9-15-27-16-14-21(26)25(36)29-18-23(33)28-17-13-20(19-31)30-22(32)11-10-12-24(34)35/h20-21,27,31H,2-19,26H2,1H3,(H,28,33)(H,29,36)(H,30,32)(H,34,35). The van der Waals surface area contributed by atoms with Crippen molar-refractivity contribution in [3.05, 3.63) is 0 Å². The van der Waals surface area contributed by atoms with Crippen molar-refractivity contribution in [1.29, 1.82) is 0 Å². The fraction of sp³-hybridized carbons (Fsp3) is 0.840. The number of hydrogen-bond donors (Lipinski definition) is 7. The fourth-order valence-electron chi connectivity index (χ4n) is 3.55. The van der Waals surface area contributed by atoms with Gasteiger partial charge in [0, 0.05) is 19.4 Å². The molecule has 2 atom stereocenters. The molecule has 11 heteroatoms. The van der Waals surface area contributed by atoms with Crippen LogP contribution in [0.4, 0.5) is 0 Å². The Morgan fingerprint density at radius 1 is 0.778 bits per heavy atom. The van der Waals surface area contributed by atoms with Crippen LogP contribution in [0.3, 0.4) is 0 Å². The van der Waals surface area contributed by atoms with Crippen molar-refractivity contribution in [2.45, 2.75) is 102 Å². The van der Waals surface area contributed by atoms with Crippen LogP contribution in [0.1, 0.15) is 90.4 Å². The molecule has 0 rings (SSSR count). The molecular formula is C25H49N5O6. The van der Waals surface area contributed by atoms with Crippen molar-refractivity contribution in [2.75, 3.05) is 32.8 Å². The molecule has 0 aromatic rings. The van der Waals surface area contributed by atoms with E-state index in [0.29, 0.717) is 19.4 Å². The van der Waals surface area contributed by atoms with E-state index in [-0.39, 0.29) is 50.8 Å². The molecule has 0 saturated heterocycles. The number of carboxylic acid groups (broad SMARTS) is 1. The lowest BCUT2D eigenvalue weighted by molar-refractivity contribution is -0.137. The number of aliphatic hydroxyl groups excluding tert-OH is 1. The highest BCUT2D eigenvalue weighted by molar-refractivity contribution is 5.87. The van der Waals surface area contributed by atoms with Gasteiger partial charge in [-0.3, -0.25) is 19.2 Å². The number of hydrogen-bond acceptors (Lipinski definition) is 7. The van der Waals surface area contributed by atoms with Crippen molar-refractivity contribution < 1.29 is 29.4 Å². The summed E-state index contributed by atoms with van der Waals surface area (Å²) < 4.78 is 0. The zero-order valence-electron chi connectivity index (χ0n) is 22.0. The monoisotopic (exact) mass is 515 g/mol. The molecule has 36 heavy (non-hydrogen) atoms. The molecule has 11 nitrogen and oxygen atoms in total. The predicted molar refractivity (Wildman–Crippen MR) is 139 cm³/mol. The Bertz CT molecular complexity index is 620. The van der Waals surface area contributed by atoms with Gasteiger partial charge in [0.05, 0.1) is 25.2 Å². The molecule has 0 aliphatic rings. The van der Waals surface area contributed by atoms with Crippen LogP contribution < -0.4 is 27.0 Å². The first kappa shape index (κ1) is 33.8. The first-order valence-corrected chi connectivity index (χ1v) is 13.4. The van der Waals surface area contributed by atoms with Gasteiger partial charge in [-0.25, -0.2) is 0 Å². The summed E-state index contributed by atoms with van der Waals surface area (Å²) >= 11 is 0. The van der Waals surface area contributed by atoms with Gasteiger partial charge in [0.25, 0.3) is 0 Å². The summed E-state index contributed by atoms with van der Waals surface area (Å²) in [5, 5.41) is 29.0. The third-order valence-electron chi connectivity index (χ3n) is 5.79. The number of rotatable bonds is 24. The molecule has 0 aromatic carbocycles. The van der Waals surface area contributed by atoms with E-state index in [9.17, 15) is 24.3 Å². The van der Waals surface area contributed by atoms with Gasteiger partial charge in [-0.15, -0.1) is 0 Å². The van der Waals surface area contributed by atoms with Gasteiger partial charge < -0.3 is 37.2 Å². The number of carbonyl (C=O) groups excluding carboxylic acids is 3. The molecule has 0 aliphatic heterocycles. The molecule has 0 bridgehead atoms. The van der Waals surface area contributed by atoms with E-state index in [4.69, 9.17) is 10.8 Å². The molecule has 0 saturated carbocycles. The zero-order chi connectivity index (χ0) is 27.0. The Morgan fingerprint density at radius 2 is 1.44 bits per heavy atom. The molecule has 2 unspecified atom stereocenters. The van der Waals surface area contributed by atoms with Gasteiger partial charge in [-0.1, -0.05) is 51.9 Å². The van der Waals surface area contributed by atoms with Crippen LogP contribution in [-0.2, 0) is 19.2 Å². The lowest BCUT2D eigenvalue weighted by atomic mass is 10.1. The number of aliphatic carboxylic acids is 1. The van der Waals surface area contributed by atoms with Crippen LogP contribution in [0, 0.1) is 0 Å². The molecule has 0 aromatic heterocycles. The number of unbranched alkanes of at least 4 members (excludes halogenated alkanes) is 7. The maximum absolute atomic E-state index is 12.1. The maximum atomic E-state index is 12.1. The van der Waals surface area contributed by atoms with Crippen LogP contribution in [0.5, 0.6) is 0 Å². The van der Waals surface area contributed by atoms with E-state index in [1.54, 1.807) is 0 Å². The van der Waals surface area contributed by atoms with Crippen LogP contribution >= 0.6 is 0 Å². The fourth-order valence-corrected chi connectivity index (χ4v) is 3.55. The van der Waals surface area contributed by atoms with Gasteiger partial charge >= 0.3 is 5.97 Å². The summed E-state index contributed by atoms with van der Waals surface area (Å²) in [6.07, 6.45) is 11.1. The van der Waals surface area contributed by atoms with Crippen LogP contribution in [0.2, 0.25) is 0 Å². The number of nitrogens with one attached hydrogen (secondary N) is 4. The number of carboxylic acids is 1.